The molecule has 1 aromatic heterocycles. The minimum atomic E-state index is -0.112. The number of hydrogen-bond acceptors (Lipinski definition) is 3. The van der Waals surface area contributed by atoms with Crippen molar-refractivity contribution < 1.29 is 4.74 Å². The van der Waals surface area contributed by atoms with E-state index in [1.165, 1.54) is 5.56 Å². The van der Waals surface area contributed by atoms with Crippen molar-refractivity contribution >= 4 is 22.6 Å². The van der Waals surface area contributed by atoms with Crippen LogP contribution in [0.2, 0.25) is 0 Å². The Morgan fingerprint density at radius 3 is 2.76 bits per heavy atom. The fraction of sp³-hybridized carbons (Fsp3) is 0.562. The summed E-state index contributed by atoms with van der Waals surface area (Å²) in [5.74, 6) is 0.911. The zero-order chi connectivity index (χ0) is 15.4. The lowest BCUT2D eigenvalue weighted by molar-refractivity contribution is 0.111. The van der Waals surface area contributed by atoms with Gasteiger partial charge in [0.2, 0.25) is 0 Å². The van der Waals surface area contributed by atoms with E-state index in [1.807, 2.05) is 21.0 Å². The third-order valence-corrected chi connectivity index (χ3v) is 3.63. The standard InChI is InChI=1S/C16H24ClN3O/c1-12-5-6-14-15(11-12)20(16(18-14)13(2)17)8-10-21-9-7-19(3)4/h5-6,11,13H,7-10H2,1-4H3. The lowest BCUT2D eigenvalue weighted by atomic mass is 10.2. The molecule has 0 fully saturated rings. The van der Waals surface area contributed by atoms with Crippen LogP contribution < -0.4 is 0 Å². The monoisotopic (exact) mass is 309 g/mol. The summed E-state index contributed by atoms with van der Waals surface area (Å²) in [5, 5.41) is -0.112. The van der Waals surface area contributed by atoms with Crippen LogP contribution in [0.1, 0.15) is 23.7 Å². The van der Waals surface area contributed by atoms with E-state index in [-0.39, 0.29) is 5.38 Å². The van der Waals surface area contributed by atoms with E-state index in [0.717, 1.165) is 36.6 Å². The highest BCUT2D eigenvalue weighted by Gasteiger charge is 2.14. The quantitative estimate of drug-likeness (QED) is 0.581. The van der Waals surface area contributed by atoms with Crippen LogP contribution in [-0.2, 0) is 11.3 Å². The molecule has 1 aromatic carbocycles. The molecule has 0 aliphatic rings. The Morgan fingerprint density at radius 1 is 1.33 bits per heavy atom. The number of likely N-dealkylation sites (N-methyl/N-ethyl adjacent to an activating group) is 1. The van der Waals surface area contributed by atoms with Gasteiger partial charge in [0, 0.05) is 13.1 Å². The van der Waals surface area contributed by atoms with E-state index in [9.17, 15) is 0 Å². The molecule has 1 unspecified atom stereocenters. The topological polar surface area (TPSA) is 30.3 Å². The van der Waals surface area contributed by atoms with Crippen LogP contribution >= 0.6 is 11.6 Å². The van der Waals surface area contributed by atoms with Crippen LogP contribution in [0.15, 0.2) is 18.2 Å². The van der Waals surface area contributed by atoms with E-state index in [4.69, 9.17) is 16.3 Å². The summed E-state index contributed by atoms with van der Waals surface area (Å²) in [5.41, 5.74) is 3.36. The number of hydrogen-bond donors (Lipinski definition) is 0. The second-order valence-corrected chi connectivity index (χ2v) is 6.30. The van der Waals surface area contributed by atoms with Gasteiger partial charge in [-0.15, -0.1) is 11.6 Å². The summed E-state index contributed by atoms with van der Waals surface area (Å²) in [6.07, 6.45) is 0. The van der Waals surface area contributed by atoms with Crippen molar-refractivity contribution in [1.82, 2.24) is 14.5 Å². The van der Waals surface area contributed by atoms with Gasteiger partial charge in [0.05, 0.1) is 29.6 Å². The Morgan fingerprint density at radius 2 is 2.10 bits per heavy atom. The first-order valence-corrected chi connectivity index (χ1v) is 7.76. The number of fused-ring (bicyclic) bond motifs is 1. The third-order valence-electron chi connectivity index (χ3n) is 3.43. The van der Waals surface area contributed by atoms with Crippen molar-refractivity contribution in [3.05, 3.63) is 29.6 Å². The first kappa shape index (κ1) is 16.3. The molecule has 116 valence electrons. The highest BCUT2D eigenvalue weighted by atomic mass is 35.5. The second kappa shape index (κ2) is 7.25. The van der Waals surface area contributed by atoms with Gasteiger partial charge in [-0.25, -0.2) is 4.98 Å². The summed E-state index contributed by atoms with van der Waals surface area (Å²) in [6, 6.07) is 6.29. The van der Waals surface area contributed by atoms with Crippen molar-refractivity contribution in [2.45, 2.75) is 25.8 Å². The van der Waals surface area contributed by atoms with Crippen LogP contribution in [-0.4, -0.2) is 48.3 Å². The van der Waals surface area contributed by atoms with Gasteiger partial charge in [0.25, 0.3) is 0 Å². The summed E-state index contributed by atoms with van der Waals surface area (Å²) < 4.78 is 7.87. The van der Waals surface area contributed by atoms with Gasteiger partial charge >= 0.3 is 0 Å². The average Bonchev–Trinajstić information content (AvgIpc) is 2.76. The largest absolute Gasteiger partial charge is 0.378 e. The summed E-state index contributed by atoms with van der Waals surface area (Å²) in [7, 11) is 4.09. The summed E-state index contributed by atoms with van der Waals surface area (Å²) >= 11 is 6.27. The molecule has 1 heterocycles. The maximum Gasteiger partial charge on any atom is 0.127 e. The van der Waals surface area contributed by atoms with E-state index in [1.54, 1.807) is 0 Å². The predicted molar refractivity (Wildman–Crippen MR) is 88.1 cm³/mol. The summed E-state index contributed by atoms with van der Waals surface area (Å²) in [4.78, 5) is 6.76. The number of halogens is 1. The Bertz CT molecular complexity index is 592. The van der Waals surface area contributed by atoms with Crippen molar-refractivity contribution in [2.24, 2.45) is 0 Å². The van der Waals surface area contributed by atoms with Gasteiger partial charge in [-0.2, -0.15) is 0 Å². The van der Waals surface area contributed by atoms with Crippen LogP contribution in [0.3, 0.4) is 0 Å². The number of nitrogens with zero attached hydrogens (tertiary/aromatic N) is 3. The van der Waals surface area contributed by atoms with Crippen molar-refractivity contribution in [2.75, 3.05) is 33.9 Å². The minimum Gasteiger partial charge on any atom is -0.378 e. The first-order valence-electron chi connectivity index (χ1n) is 7.32. The van der Waals surface area contributed by atoms with Crippen LogP contribution in [0.4, 0.5) is 0 Å². The van der Waals surface area contributed by atoms with Crippen molar-refractivity contribution in [3.63, 3.8) is 0 Å². The third kappa shape index (κ3) is 4.19. The highest BCUT2D eigenvalue weighted by molar-refractivity contribution is 6.20. The lowest BCUT2D eigenvalue weighted by Crippen LogP contribution is -2.19. The summed E-state index contributed by atoms with van der Waals surface area (Å²) in [6.45, 7) is 7.17. The van der Waals surface area contributed by atoms with Crippen LogP contribution in [0.5, 0.6) is 0 Å². The number of alkyl halides is 1. The fourth-order valence-electron chi connectivity index (χ4n) is 2.30. The molecular weight excluding hydrogens is 286 g/mol. The molecule has 0 saturated carbocycles. The Hall–Kier alpha value is -1.10. The van der Waals surface area contributed by atoms with Crippen LogP contribution in [0, 0.1) is 6.92 Å². The number of aromatic nitrogens is 2. The Balaban J connectivity index is 2.12. The van der Waals surface area contributed by atoms with Crippen LogP contribution in [0.25, 0.3) is 11.0 Å². The fourth-order valence-corrected chi connectivity index (χ4v) is 2.46. The molecule has 21 heavy (non-hydrogen) atoms. The number of benzene rings is 1. The average molecular weight is 310 g/mol. The molecule has 2 rings (SSSR count). The Kier molecular flexibility index (Phi) is 5.62. The molecule has 0 aliphatic heterocycles. The molecule has 5 heteroatoms. The van der Waals surface area contributed by atoms with Gasteiger partial charge in [-0.3, -0.25) is 0 Å². The van der Waals surface area contributed by atoms with E-state index in [2.05, 4.69) is 39.6 Å². The molecule has 4 nitrogen and oxygen atoms in total. The van der Waals surface area contributed by atoms with E-state index in [0.29, 0.717) is 6.61 Å². The normalized spacial score (nSPS) is 13.2. The molecule has 2 aromatic rings. The minimum absolute atomic E-state index is 0.112. The molecule has 0 saturated heterocycles. The van der Waals surface area contributed by atoms with Gasteiger partial charge < -0.3 is 14.2 Å². The molecule has 0 amide bonds. The number of rotatable bonds is 7. The zero-order valence-electron chi connectivity index (χ0n) is 13.3. The highest BCUT2D eigenvalue weighted by Crippen LogP contribution is 2.25. The molecular formula is C16H24ClN3O. The number of ether oxygens (including phenoxy) is 1. The molecule has 0 bridgehead atoms. The zero-order valence-corrected chi connectivity index (χ0v) is 14.0. The first-order chi connectivity index (χ1) is 9.99. The van der Waals surface area contributed by atoms with Crippen molar-refractivity contribution in [3.8, 4) is 0 Å². The maximum atomic E-state index is 6.27. The van der Waals surface area contributed by atoms with E-state index >= 15 is 0 Å². The lowest BCUT2D eigenvalue weighted by Gasteiger charge is -2.13. The molecule has 0 aliphatic carbocycles. The van der Waals surface area contributed by atoms with Crippen molar-refractivity contribution in [1.29, 1.82) is 0 Å². The second-order valence-electron chi connectivity index (χ2n) is 5.65. The van der Waals surface area contributed by atoms with E-state index < -0.39 is 0 Å². The molecule has 0 spiro atoms. The predicted octanol–water partition coefficient (Wildman–Crippen LogP) is 3.22. The molecule has 0 radical (unpaired) electrons. The van der Waals surface area contributed by atoms with Gasteiger partial charge in [-0.1, -0.05) is 6.07 Å². The van der Waals surface area contributed by atoms with Gasteiger partial charge in [0.15, 0.2) is 0 Å². The molecule has 0 N–H and O–H groups in total. The van der Waals surface area contributed by atoms with Gasteiger partial charge in [-0.05, 0) is 45.6 Å². The SMILES string of the molecule is Cc1ccc2nc(C(C)Cl)n(CCOCCN(C)C)c2c1. The number of aryl methyl sites for hydroxylation is 1. The van der Waals surface area contributed by atoms with Gasteiger partial charge in [0.1, 0.15) is 5.82 Å². The molecule has 1 atom stereocenters. The number of imidazole rings is 1. The maximum absolute atomic E-state index is 6.27. The smallest absolute Gasteiger partial charge is 0.127 e. The Labute approximate surface area is 131 Å².